The van der Waals surface area contributed by atoms with Crippen LogP contribution in [-0.4, -0.2) is 30.6 Å². The van der Waals surface area contributed by atoms with E-state index in [9.17, 15) is 9.59 Å². The van der Waals surface area contributed by atoms with Crippen molar-refractivity contribution in [3.05, 3.63) is 29.3 Å². The van der Waals surface area contributed by atoms with Crippen molar-refractivity contribution in [1.29, 1.82) is 0 Å². The molecule has 0 unspecified atom stereocenters. The summed E-state index contributed by atoms with van der Waals surface area (Å²) in [6, 6.07) is 6.17. The first kappa shape index (κ1) is 19.3. The summed E-state index contributed by atoms with van der Waals surface area (Å²) in [4.78, 5) is 24.0. The molecule has 1 aromatic carbocycles. The predicted molar refractivity (Wildman–Crippen MR) is 96.6 cm³/mol. The smallest absolute Gasteiger partial charge is 0.310 e. The number of carbonyl (C=O) groups excluding carboxylic acids is 2. The van der Waals surface area contributed by atoms with E-state index in [1.807, 2.05) is 32.0 Å². The summed E-state index contributed by atoms with van der Waals surface area (Å²) in [6.07, 6.45) is 4.90. The Bertz CT molecular complexity index is 593. The molecule has 0 spiro atoms. The van der Waals surface area contributed by atoms with Crippen LogP contribution in [-0.2, 0) is 14.3 Å². The lowest BCUT2D eigenvalue weighted by Crippen LogP contribution is -2.42. The zero-order valence-electron chi connectivity index (χ0n) is 15.5. The molecule has 0 aliphatic heterocycles. The number of benzene rings is 1. The molecule has 1 aliphatic rings. The molecule has 1 aromatic rings. The first-order valence-electron chi connectivity index (χ1n) is 9.15. The van der Waals surface area contributed by atoms with Crippen LogP contribution in [0.2, 0.25) is 0 Å². The lowest BCUT2D eigenvalue weighted by molar-refractivity contribution is -0.155. The van der Waals surface area contributed by atoms with Crippen molar-refractivity contribution in [2.75, 3.05) is 6.61 Å². The van der Waals surface area contributed by atoms with Gasteiger partial charge in [-0.3, -0.25) is 9.59 Å². The van der Waals surface area contributed by atoms with Crippen molar-refractivity contribution < 1.29 is 19.1 Å². The zero-order valence-corrected chi connectivity index (χ0v) is 15.5. The lowest BCUT2D eigenvalue weighted by Gasteiger charge is -2.24. The number of hydrogen-bond acceptors (Lipinski definition) is 4. The SMILES string of the molecule is Cc1ccc(C)c(OCCC(=O)O[C@H](C)C(=O)NC2CCCCC2)c1. The average molecular weight is 347 g/mol. The molecule has 1 fully saturated rings. The standard InChI is InChI=1S/C20H29NO4/c1-14-9-10-15(2)18(13-14)24-12-11-19(22)25-16(3)20(23)21-17-7-5-4-6-8-17/h9-10,13,16-17H,4-8,11-12H2,1-3H3,(H,21,23)/t16-/m1/s1. The largest absolute Gasteiger partial charge is 0.493 e. The fourth-order valence-corrected chi connectivity index (χ4v) is 2.98. The summed E-state index contributed by atoms with van der Waals surface area (Å²) in [6.45, 7) is 5.81. The van der Waals surface area contributed by atoms with Gasteiger partial charge >= 0.3 is 5.97 Å². The molecular formula is C20H29NO4. The molecule has 1 N–H and O–H groups in total. The molecular weight excluding hydrogens is 318 g/mol. The Morgan fingerprint density at radius 2 is 1.92 bits per heavy atom. The highest BCUT2D eigenvalue weighted by Gasteiger charge is 2.22. The van der Waals surface area contributed by atoms with E-state index in [1.54, 1.807) is 6.92 Å². The van der Waals surface area contributed by atoms with Gasteiger partial charge in [0.05, 0.1) is 13.0 Å². The number of esters is 1. The summed E-state index contributed by atoms with van der Waals surface area (Å²) >= 11 is 0. The van der Waals surface area contributed by atoms with Crippen molar-refractivity contribution in [3.8, 4) is 5.75 Å². The number of aryl methyl sites for hydroxylation is 2. The van der Waals surface area contributed by atoms with Crippen molar-refractivity contribution in [2.24, 2.45) is 0 Å². The Morgan fingerprint density at radius 3 is 2.64 bits per heavy atom. The fourth-order valence-electron chi connectivity index (χ4n) is 2.98. The molecule has 0 bridgehead atoms. The van der Waals surface area contributed by atoms with E-state index in [4.69, 9.17) is 9.47 Å². The lowest BCUT2D eigenvalue weighted by atomic mass is 9.95. The summed E-state index contributed by atoms with van der Waals surface area (Å²) in [5.41, 5.74) is 2.13. The Balaban J connectivity index is 1.70. The van der Waals surface area contributed by atoms with E-state index < -0.39 is 12.1 Å². The highest BCUT2D eigenvalue weighted by atomic mass is 16.5. The third kappa shape index (κ3) is 6.40. The number of ether oxygens (including phenoxy) is 2. The summed E-state index contributed by atoms with van der Waals surface area (Å²) in [7, 11) is 0. The topological polar surface area (TPSA) is 64.6 Å². The van der Waals surface area contributed by atoms with Gasteiger partial charge in [0.15, 0.2) is 6.10 Å². The normalized spacial score (nSPS) is 16.1. The maximum absolute atomic E-state index is 12.1. The molecule has 25 heavy (non-hydrogen) atoms. The van der Waals surface area contributed by atoms with Crippen molar-refractivity contribution in [1.82, 2.24) is 5.32 Å². The van der Waals surface area contributed by atoms with Crippen LogP contribution in [0.4, 0.5) is 0 Å². The van der Waals surface area contributed by atoms with E-state index in [2.05, 4.69) is 5.32 Å². The molecule has 138 valence electrons. The van der Waals surface area contributed by atoms with Crippen molar-refractivity contribution in [3.63, 3.8) is 0 Å². The van der Waals surface area contributed by atoms with Crippen LogP contribution in [0.25, 0.3) is 0 Å². The molecule has 0 aromatic heterocycles. The van der Waals surface area contributed by atoms with Crippen molar-refractivity contribution >= 4 is 11.9 Å². The number of rotatable bonds is 7. The third-order valence-corrected chi connectivity index (χ3v) is 4.54. The molecule has 5 nitrogen and oxygen atoms in total. The molecule has 0 radical (unpaired) electrons. The quantitative estimate of drug-likeness (QED) is 0.767. The van der Waals surface area contributed by atoms with E-state index >= 15 is 0 Å². The first-order chi connectivity index (χ1) is 12.0. The number of nitrogens with one attached hydrogen (secondary N) is 1. The predicted octanol–water partition coefficient (Wildman–Crippen LogP) is 3.45. The number of hydrogen-bond donors (Lipinski definition) is 1. The van der Waals surface area contributed by atoms with Crippen molar-refractivity contribution in [2.45, 2.75) is 71.4 Å². The summed E-state index contributed by atoms with van der Waals surface area (Å²) < 4.78 is 10.9. The van der Waals surface area contributed by atoms with Gasteiger partial charge < -0.3 is 14.8 Å². The maximum Gasteiger partial charge on any atom is 0.310 e. The fraction of sp³-hybridized carbons (Fsp3) is 0.600. The molecule has 2 rings (SSSR count). The molecule has 5 heteroatoms. The minimum Gasteiger partial charge on any atom is -0.493 e. The van der Waals surface area contributed by atoms with Gasteiger partial charge in [-0.2, -0.15) is 0 Å². The molecule has 1 atom stereocenters. The average Bonchev–Trinajstić information content (AvgIpc) is 2.58. The highest BCUT2D eigenvalue weighted by molar-refractivity contribution is 5.83. The van der Waals surface area contributed by atoms with E-state index in [1.165, 1.54) is 6.42 Å². The Kier molecular flexibility index (Phi) is 7.29. The van der Waals surface area contributed by atoms with Gasteiger partial charge in [-0.1, -0.05) is 31.4 Å². The van der Waals surface area contributed by atoms with Crippen LogP contribution >= 0.6 is 0 Å². The minimum atomic E-state index is -0.768. The molecule has 0 saturated heterocycles. The van der Waals surface area contributed by atoms with E-state index in [-0.39, 0.29) is 25.0 Å². The monoisotopic (exact) mass is 347 g/mol. The van der Waals surface area contributed by atoms with E-state index in [0.29, 0.717) is 0 Å². The Hall–Kier alpha value is -2.04. The molecule has 1 saturated carbocycles. The van der Waals surface area contributed by atoms with E-state index in [0.717, 1.165) is 42.6 Å². The number of amides is 1. The molecule has 0 heterocycles. The molecule has 1 aliphatic carbocycles. The van der Waals surface area contributed by atoms with Crippen LogP contribution in [0.5, 0.6) is 5.75 Å². The second-order valence-corrected chi connectivity index (χ2v) is 6.84. The number of carbonyl (C=O) groups is 2. The third-order valence-electron chi connectivity index (χ3n) is 4.54. The van der Waals surface area contributed by atoms with Crippen LogP contribution in [0.3, 0.4) is 0 Å². The van der Waals surface area contributed by atoms with Gasteiger partial charge in [0.2, 0.25) is 0 Å². The zero-order chi connectivity index (χ0) is 18.2. The van der Waals surface area contributed by atoms with Crippen LogP contribution < -0.4 is 10.1 Å². The summed E-state index contributed by atoms with van der Waals surface area (Å²) in [5.74, 6) is 0.142. The van der Waals surface area contributed by atoms with Gasteiger partial charge in [-0.05, 0) is 50.8 Å². The summed E-state index contributed by atoms with van der Waals surface area (Å²) in [5, 5.41) is 2.97. The van der Waals surface area contributed by atoms with Gasteiger partial charge in [0.25, 0.3) is 5.91 Å². The second kappa shape index (κ2) is 9.44. The second-order valence-electron chi connectivity index (χ2n) is 6.84. The Morgan fingerprint density at radius 1 is 1.20 bits per heavy atom. The van der Waals surface area contributed by atoms with Gasteiger partial charge in [0, 0.05) is 6.04 Å². The van der Waals surface area contributed by atoms with Gasteiger partial charge in [-0.15, -0.1) is 0 Å². The van der Waals surface area contributed by atoms with Crippen LogP contribution in [0, 0.1) is 13.8 Å². The van der Waals surface area contributed by atoms with Gasteiger partial charge in [0.1, 0.15) is 5.75 Å². The highest BCUT2D eigenvalue weighted by Crippen LogP contribution is 2.19. The minimum absolute atomic E-state index is 0.119. The maximum atomic E-state index is 12.1. The Labute approximate surface area is 150 Å². The first-order valence-corrected chi connectivity index (χ1v) is 9.15. The van der Waals surface area contributed by atoms with Gasteiger partial charge in [-0.25, -0.2) is 0 Å². The molecule has 1 amide bonds. The van der Waals surface area contributed by atoms with Crippen LogP contribution in [0.1, 0.15) is 56.6 Å². The van der Waals surface area contributed by atoms with Crippen LogP contribution in [0.15, 0.2) is 18.2 Å².